The first-order valence-electron chi connectivity index (χ1n) is 12.3. The molecule has 0 aliphatic carbocycles. The predicted octanol–water partition coefficient (Wildman–Crippen LogP) is 3.98. The van der Waals surface area contributed by atoms with E-state index in [1.54, 1.807) is 6.07 Å². The second kappa shape index (κ2) is 12.0. The molecule has 2 atom stereocenters. The van der Waals surface area contributed by atoms with Crippen molar-refractivity contribution in [1.82, 2.24) is 15.6 Å². The number of aromatic nitrogens is 1. The monoisotopic (exact) mass is 521 g/mol. The Labute approximate surface area is 218 Å². The van der Waals surface area contributed by atoms with E-state index in [2.05, 4.69) is 28.6 Å². The van der Waals surface area contributed by atoms with Gasteiger partial charge in [0.1, 0.15) is 34.3 Å². The number of benzene rings is 3. The molecule has 0 saturated carbocycles. The molecule has 1 amide bonds. The molecule has 0 fully saturated rings. The molecule has 38 heavy (non-hydrogen) atoms. The first-order valence-corrected chi connectivity index (χ1v) is 12.3. The molecule has 4 aromatic rings. The van der Waals surface area contributed by atoms with Crippen LogP contribution in [-0.4, -0.2) is 44.9 Å². The maximum atomic E-state index is 13.8. The number of pyridine rings is 1. The minimum Gasteiger partial charge on any atom is -0.507 e. The van der Waals surface area contributed by atoms with Crippen molar-refractivity contribution in [2.24, 2.45) is 0 Å². The van der Waals surface area contributed by atoms with E-state index in [1.807, 2.05) is 18.2 Å². The lowest BCUT2D eigenvalue weighted by Gasteiger charge is -2.25. The fourth-order valence-corrected chi connectivity index (χ4v) is 4.31. The normalized spacial score (nSPS) is 12.8. The highest BCUT2D eigenvalue weighted by atomic mass is 19.1. The lowest BCUT2D eigenvalue weighted by molar-refractivity contribution is 0.0825. The van der Waals surface area contributed by atoms with Gasteiger partial charge in [0.2, 0.25) is 0 Å². The number of aromatic hydroxyl groups is 2. The molecule has 0 saturated heterocycles. The summed E-state index contributed by atoms with van der Waals surface area (Å²) < 4.78 is 27.7. The van der Waals surface area contributed by atoms with Gasteiger partial charge in [-0.25, -0.2) is 13.8 Å². The number of phenolic OH excluding ortho intramolecular Hbond substituents is 1. The van der Waals surface area contributed by atoms with Gasteiger partial charge < -0.3 is 26.0 Å². The van der Waals surface area contributed by atoms with Crippen molar-refractivity contribution in [3.63, 3.8) is 0 Å². The fraction of sp³-hybridized carbons (Fsp3) is 0.241. The summed E-state index contributed by atoms with van der Waals surface area (Å²) in [6, 6.07) is 15.7. The predicted molar refractivity (Wildman–Crippen MR) is 140 cm³/mol. The number of nitrogens with one attached hydrogen (secondary N) is 2. The number of rotatable bonds is 10. The molecule has 9 heteroatoms. The molecule has 7 nitrogen and oxygen atoms in total. The Kier molecular flexibility index (Phi) is 8.50. The minimum atomic E-state index is -1.14. The standard InChI is InChI=1S/C29H29F2N3O4/c1-2-17-5-3-6-18(9-17)15-32-16-27(37)23(12-19-10-20(30)13-21(31)11-19)34-29(38)24-14-26(36)22-7-4-8-25(35)28(22)33-24/h3-11,13-14,23,27,32,35,37H,2,12,15-16H2,1H3,(H,33,36)(H,34,38)/t23-,27-/m0/s1. The van der Waals surface area contributed by atoms with Gasteiger partial charge in [0.15, 0.2) is 0 Å². The number of amides is 1. The highest BCUT2D eigenvalue weighted by molar-refractivity contribution is 5.98. The molecule has 0 bridgehead atoms. The number of aryl methyl sites for hydroxylation is 1. The number of fused-ring (bicyclic) bond motifs is 1. The first-order chi connectivity index (χ1) is 18.2. The van der Waals surface area contributed by atoms with Crippen LogP contribution in [0.25, 0.3) is 10.9 Å². The number of aliphatic hydroxyl groups is 1. The number of hydrogen-bond donors (Lipinski definition) is 5. The molecule has 198 valence electrons. The molecule has 0 spiro atoms. The number of nitrogens with zero attached hydrogens (tertiary/aromatic N) is 1. The Morgan fingerprint density at radius 3 is 2.37 bits per heavy atom. The van der Waals surface area contributed by atoms with E-state index in [9.17, 15) is 28.9 Å². The van der Waals surface area contributed by atoms with E-state index in [1.165, 1.54) is 17.7 Å². The van der Waals surface area contributed by atoms with E-state index in [0.717, 1.165) is 36.2 Å². The molecular formula is C29H29F2N3O4. The summed E-state index contributed by atoms with van der Waals surface area (Å²) in [5, 5.41) is 37.5. The third-order valence-electron chi connectivity index (χ3n) is 6.27. The Bertz CT molecular complexity index is 1430. The summed E-state index contributed by atoms with van der Waals surface area (Å²) in [5.74, 6) is -2.75. The smallest absolute Gasteiger partial charge is 0.270 e. The Morgan fingerprint density at radius 1 is 0.921 bits per heavy atom. The van der Waals surface area contributed by atoms with Crippen molar-refractivity contribution in [2.75, 3.05) is 6.54 Å². The lowest BCUT2D eigenvalue weighted by Crippen LogP contribution is -2.48. The molecule has 0 aliphatic heterocycles. The number of carbonyl (C=O) groups is 1. The molecule has 0 unspecified atom stereocenters. The van der Waals surface area contributed by atoms with E-state index in [4.69, 9.17) is 0 Å². The summed E-state index contributed by atoms with van der Waals surface area (Å²) in [6.07, 6.45) is -0.313. The second-order valence-corrected chi connectivity index (χ2v) is 9.13. The van der Waals surface area contributed by atoms with E-state index < -0.39 is 29.7 Å². The molecule has 3 aromatic carbocycles. The van der Waals surface area contributed by atoms with Crippen molar-refractivity contribution < 1.29 is 28.9 Å². The van der Waals surface area contributed by atoms with Crippen molar-refractivity contribution >= 4 is 16.8 Å². The van der Waals surface area contributed by atoms with Gasteiger partial charge in [0.25, 0.3) is 5.91 Å². The molecule has 0 radical (unpaired) electrons. The van der Waals surface area contributed by atoms with Gasteiger partial charge >= 0.3 is 0 Å². The number of para-hydroxylation sites is 1. The second-order valence-electron chi connectivity index (χ2n) is 9.13. The summed E-state index contributed by atoms with van der Waals surface area (Å²) in [6.45, 7) is 2.61. The summed E-state index contributed by atoms with van der Waals surface area (Å²) in [4.78, 5) is 17.3. The average Bonchev–Trinajstić information content (AvgIpc) is 2.88. The maximum Gasteiger partial charge on any atom is 0.270 e. The zero-order valence-corrected chi connectivity index (χ0v) is 20.8. The number of aliphatic hydroxyl groups excluding tert-OH is 1. The summed E-state index contributed by atoms with van der Waals surface area (Å²) in [7, 11) is 0. The van der Waals surface area contributed by atoms with Gasteiger partial charge in [-0.3, -0.25) is 4.79 Å². The van der Waals surface area contributed by atoms with Crippen LogP contribution in [0.5, 0.6) is 11.5 Å². The largest absolute Gasteiger partial charge is 0.507 e. The molecule has 5 N–H and O–H groups in total. The van der Waals surface area contributed by atoms with Crippen LogP contribution in [0.1, 0.15) is 34.1 Å². The number of halogens is 2. The molecule has 1 heterocycles. The van der Waals surface area contributed by atoms with E-state index in [0.29, 0.717) is 6.54 Å². The van der Waals surface area contributed by atoms with Crippen LogP contribution in [0.3, 0.4) is 0 Å². The average molecular weight is 522 g/mol. The van der Waals surface area contributed by atoms with Crippen LogP contribution in [0.2, 0.25) is 0 Å². The quantitative estimate of drug-likeness (QED) is 0.216. The van der Waals surface area contributed by atoms with Crippen molar-refractivity contribution in [2.45, 2.75) is 38.5 Å². The molecular weight excluding hydrogens is 492 g/mol. The zero-order chi connectivity index (χ0) is 27.2. The molecule has 0 aliphatic rings. The number of carbonyl (C=O) groups excluding carboxylic acids is 1. The van der Waals surface area contributed by atoms with Gasteiger partial charge in [-0.15, -0.1) is 0 Å². The highest BCUT2D eigenvalue weighted by Crippen LogP contribution is 2.30. The molecule has 1 aromatic heterocycles. The Balaban J connectivity index is 1.53. The Hall–Kier alpha value is -4.08. The van der Waals surface area contributed by atoms with Crippen LogP contribution in [0.15, 0.2) is 66.7 Å². The van der Waals surface area contributed by atoms with Crippen molar-refractivity contribution in [1.29, 1.82) is 0 Å². The van der Waals surface area contributed by atoms with Gasteiger partial charge in [-0.05, 0) is 53.8 Å². The third-order valence-corrected chi connectivity index (χ3v) is 6.27. The number of phenols is 1. The maximum absolute atomic E-state index is 13.8. The van der Waals surface area contributed by atoms with Crippen LogP contribution in [0.4, 0.5) is 8.78 Å². The number of hydrogen-bond acceptors (Lipinski definition) is 6. The molecule has 4 rings (SSSR count). The van der Waals surface area contributed by atoms with E-state index >= 15 is 0 Å². The van der Waals surface area contributed by atoms with Gasteiger partial charge in [-0.2, -0.15) is 0 Å². The zero-order valence-electron chi connectivity index (χ0n) is 20.8. The van der Waals surface area contributed by atoms with Crippen LogP contribution < -0.4 is 10.6 Å². The van der Waals surface area contributed by atoms with Crippen molar-refractivity contribution in [3.05, 3.63) is 101 Å². The van der Waals surface area contributed by atoms with Crippen LogP contribution in [-0.2, 0) is 19.4 Å². The Morgan fingerprint density at radius 2 is 1.63 bits per heavy atom. The minimum absolute atomic E-state index is 0.0397. The third kappa shape index (κ3) is 6.62. The lowest BCUT2D eigenvalue weighted by atomic mass is 10.00. The van der Waals surface area contributed by atoms with Gasteiger partial charge in [0.05, 0.1) is 12.1 Å². The SMILES string of the molecule is CCc1cccc(CNC[C@H](O)[C@H](Cc2cc(F)cc(F)c2)NC(=O)c2cc(O)c3cccc(O)c3n2)c1. The van der Waals surface area contributed by atoms with Crippen LogP contribution in [0, 0.1) is 11.6 Å². The summed E-state index contributed by atoms with van der Waals surface area (Å²) in [5.41, 5.74) is 2.30. The highest BCUT2D eigenvalue weighted by Gasteiger charge is 2.24. The van der Waals surface area contributed by atoms with Gasteiger partial charge in [0, 0.05) is 30.6 Å². The van der Waals surface area contributed by atoms with Gasteiger partial charge in [-0.1, -0.05) is 37.3 Å². The first kappa shape index (κ1) is 27.0. The summed E-state index contributed by atoms with van der Waals surface area (Å²) >= 11 is 0. The van der Waals surface area contributed by atoms with E-state index in [-0.39, 0.29) is 46.6 Å². The van der Waals surface area contributed by atoms with Crippen LogP contribution >= 0.6 is 0 Å². The topological polar surface area (TPSA) is 115 Å². The van der Waals surface area contributed by atoms with Crippen molar-refractivity contribution in [3.8, 4) is 11.5 Å². The fourth-order valence-electron chi connectivity index (χ4n) is 4.31.